The van der Waals surface area contributed by atoms with Crippen LogP contribution in [0.25, 0.3) is 0 Å². The highest BCUT2D eigenvalue weighted by atomic mass is 16.5. The zero-order chi connectivity index (χ0) is 12.0. The number of hydrogen-bond acceptors (Lipinski definition) is 3. The van der Waals surface area contributed by atoms with E-state index in [9.17, 15) is 4.79 Å². The predicted octanol–water partition coefficient (Wildman–Crippen LogP) is 0.856. The van der Waals surface area contributed by atoms with E-state index < -0.39 is 0 Å². The first-order chi connectivity index (χ1) is 7.65. The molecule has 1 fully saturated rings. The summed E-state index contributed by atoms with van der Waals surface area (Å²) >= 11 is 0. The van der Waals surface area contributed by atoms with Gasteiger partial charge in [0.15, 0.2) is 0 Å². The van der Waals surface area contributed by atoms with E-state index >= 15 is 0 Å². The standard InChI is InChI=1S/C12H24N2O2/c1-14(2)12(15)6-7-16-9-11-5-3-4-10(11)8-13/h10-11H,3-9,13H2,1-2H3. The Labute approximate surface area is 98.1 Å². The van der Waals surface area contributed by atoms with Crippen LogP contribution in [0.1, 0.15) is 25.7 Å². The Morgan fingerprint density at radius 2 is 2.06 bits per heavy atom. The van der Waals surface area contributed by atoms with Gasteiger partial charge in [-0.2, -0.15) is 0 Å². The summed E-state index contributed by atoms with van der Waals surface area (Å²) in [7, 11) is 3.54. The van der Waals surface area contributed by atoms with Crippen LogP contribution in [0.3, 0.4) is 0 Å². The lowest BCUT2D eigenvalue weighted by Gasteiger charge is -2.18. The van der Waals surface area contributed by atoms with Crippen LogP contribution in [0, 0.1) is 11.8 Å². The topological polar surface area (TPSA) is 55.6 Å². The molecular formula is C12H24N2O2. The Balaban J connectivity index is 2.09. The minimum atomic E-state index is 0.127. The Hall–Kier alpha value is -0.610. The van der Waals surface area contributed by atoms with E-state index in [1.54, 1.807) is 19.0 Å². The van der Waals surface area contributed by atoms with Gasteiger partial charge in [-0.25, -0.2) is 0 Å². The third-order valence-corrected chi connectivity index (χ3v) is 3.41. The van der Waals surface area contributed by atoms with Crippen LogP contribution < -0.4 is 5.73 Å². The first-order valence-corrected chi connectivity index (χ1v) is 6.13. The molecule has 0 bridgehead atoms. The summed E-state index contributed by atoms with van der Waals surface area (Å²) in [4.78, 5) is 12.9. The SMILES string of the molecule is CN(C)C(=O)CCOCC1CCCC1CN. The van der Waals surface area contributed by atoms with Gasteiger partial charge in [0.1, 0.15) is 0 Å². The number of carbonyl (C=O) groups is 1. The van der Waals surface area contributed by atoms with Crippen molar-refractivity contribution in [1.82, 2.24) is 4.90 Å². The summed E-state index contributed by atoms with van der Waals surface area (Å²) < 4.78 is 5.57. The molecule has 0 spiro atoms. The average molecular weight is 228 g/mol. The lowest BCUT2D eigenvalue weighted by atomic mass is 9.97. The van der Waals surface area contributed by atoms with Crippen molar-refractivity contribution in [2.24, 2.45) is 17.6 Å². The minimum Gasteiger partial charge on any atom is -0.381 e. The van der Waals surface area contributed by atoms with E-state index in [1.165, 1.54) is 19.3 Å². The van der Waals surface area contributed by atoms with Gasteiger partial charge in [0.2, 0.25) is 5.91 Å². The van der Waals surface area contributed by atoms with Crippen molar-refractivity contribution in [3.05, 3.63) is 0 Å². The maximum atomic E-state index is 11.3. The van der Waals surface area contributed by atoms with Gasteiger partial charge in [0.25, 0.3) is 0 Å². The molecule has 4 nitrogen and oxygen atoms in total. The van der Waals surface area contributed by atoms with Crippen molar-refractivity contribution in [2.75, 3.05) is 33.9 Å². The number of rotatable bonds is 6. The van der Waals surface area contributed by atoms with Gasteiger partial charge in [-0.3, -0.25) is 4.79 Å². The van der Waals surface area contributed by atoms with Crippen LogP contribution in [0.15, 0.2) is 0 Å². The summed E-state index contributed by atoms with van der Waals surface area (Å²) in [6.45, 7) is 2.07. The van der Waals surface area contributed by atoms with Crippen molar-refractivity contribution in [3.8, 4) is 0 Å². The van der Waals surface area contributed by atoms with Gasteiger partial charge < -0.3 is 15.4 Å². The summed E-state index contributed by atoms with van der Waals surface area (Å²) in [5, 5.41) is 0. The van der Waals surface area contributed by atoms with Gasteiger partial charge in [-0.15, -0.1) is 0 Å². The van der Waals surface area contributed by atoms with Crippen molar-refractivity contribution in [3.63, 3.8) is 0 Å². The molecular weight excluding hydrogens is 204 g/mol. The minimum absolute atomic E-state index is 0.127. The fraction of sp³-hybridized carbons (Fsp3) is 0.917. The van der Waals surface area contributed by atoms with Crippen molar-refractivity contribution in [1.29, 1.82) is 0 Å². The summed E-state index contributed by atoms with van der Waals surface area (Å²) in [5.41, 5.74) is 5.70. The maximum absolute atomic E-state index is 11.3. The largest absolute Gasteiger partial charge is 0.381 e. The highest BCUT2D eigenvalue weighted by molar-refractivity contribution is 5.75. The van der Waals surface area contributed by atoms with Gasteiger partial charge in [0, 0.05) is 20.7 Å². The van der Waals surface area contributed by atoms with Crippen molar-refractivity contribution in [2.45, 2.75) is 25.7 Å². The predicted molar refractivity (Wildman–Crippen MR) is 64.0 cm³/mol. The van der Waals surface area contributed by atoms with Crippen LogP contribution in [0.5, 0.6) is 0 Å². The van der Waals surface area contributed by atoms with E-state index in [4.69, 9.17) is 10.5 Å². The van der Waals surface area contributed by atoms with E-state index in [0.29, 0.717) is 24.9 Å². The first kappa shape index (κ1) is 13.5. The highest BCUT2D eigenvalue weighted by Crippen LogP contribution is 2.30. The van der Waals surface area contributed by atoms with Crippen LogP contribution in [0.2, 0.25) is 0 Å². The second kappa shape index (κ2) is 6.86. The summed E-state index contributed by atoms with van der Waals surface area (Å²) in [6, 6.07) is 0. The van der Waals surface area contributed by atoms with E-state index in [-0.39, 0.29) is 5.91 Å². The van der Waals surface area contributed by atoms with Crippen LogP contribution in [-0.4, -0.2) is 44.7 Å². The number of nitrogens with zero attached hydrogens (tertiary/aromatic N) is 1. The van der Waals surface area contributed by atoms with Crippen molar-refractivity contribution >= 4 is 5.91 Å². The summed E-state index contributed by atoms with van der Waals surface area (Å²) in [6.07, 6.45) is 4.21. The molecule has 4 heteroatoms. The van der Waals surface area contributed by atoms with E-state index in [0.717, 1.165) is 13.2 Å². The Morgan fingerprint density at radius 1 is 1.38 bits per heavy atom. The molecule has 2 N–H and O–H groups in total. The Morgan fingerprint density at radius 3 is 2.69 bits per heavy atom. The molecule has 1 amide bonds. The molecule has 0 aromatic carbocycles. The average Bonchev–Trinajstić information content (AvgIpc) is 2.71. The molecule has 0 radical (unpaired) electrons. The van der Waals surface area contributed by atoms with Crippen molar-refractivity contribution < 1.29 is 9.53 Å². The van der Waals surface area contributed by atoms with E-state index in [1.807, 2.05) is 0 Å². The van der Waals surface area contributed by atoms with Gasteiger partial charge in [-0.05, 0) is 31.2 Å². The monoisotopic (exact) mass is 228 g/mol. The molecule has 94 valence electrons. The third kappa shape index (κ3) is 4.10. The quantitative estimate of drug-likeness (QED) is 0.686. The second-order valence-corrected chi connectivity index (χ2v) is 4.80. The van der Waals surface area contributed by atoms with E-state index in [2.05, 4.69) is 0 Å². The third-order valence-electron chi connectivity index (χ3n) is 3.41. The molecule has 1 aliphatic carbocycles. The molecule has 0 heterocycles. The Kier molecular flexibility index (Phi) is 5.77. The number of carbonyl (C=O) groups excluding carboxylic acids is 1. The van der Waals surface area contributed by atoms with Crippen LogP contribution in [0.4, 0.5) is 0 Å². The molecule has 0 aliphatic heterocycles. The molecule has 1 rings (SSSR count). The molecule has 0 aromatic rings. The lowest BCUT2D eigenvalue weighted by Crippen LogP contribution is -2.25. The molecule has 0 saturated heterocycles. The van der Waals surface area contributed by atoms with Crippen LogP contribution >= 0.6 is 0 Å². The number of hydrogen-bond donors (Lipinski definition) is 1. The normalized spacial score (nSPS) is 24.7. The van der Waals surface area contributed by atoms with Gasteiger partial charge >= 0.3 is 0 Å². The lowest BCUT2D eigenvalue weighted by molar-refractivity contribution is -0.129. The number of nitrogens with two attached hydrogens (primary N) is 1. The smallest absolute Gasteiger partial charge is 0.224 e. The highest BCUT2D eigenvalue weighted by Gasteiger charge is 2.25. The summed E-state index contributed by atoms with van der Waals surface area (Å²) in [5.74, 6) is 1.37. The zero-order valence-electron chi connectivity index (χ0n) is 10.4. The maximum Gasteiger partial charge on any atom is 0.224 e. The zero-order valence-corrected chi connectivity index (χ0v) is 10.4. The molecule has 2 atom stereocenters. The fourth-order valence-corrected chi connectivity index (χ4v) is 2.26. The number of ether oxygens (including phenoxy) is 1. The van der Waals surface area contributed by atoms with Gasteiger partial charge in [-0.1, -0.05) is 6.42 Å². The Bertz CT molecular complexity index is 219. The number of amides is 1. The molecule has 16 heavy (non-hydrogen) atoms. The molecule has 2 unspecified atom stereocenters. The first-order valence-electron chi connectivity index (χ1n) is 6.13. The molecule has 0 aromatic heterocycles. The molecule has 1 saturated carbocycles. The second-order valence-electron chi connectivity index (χ2n) is 4.80. The van der Waals surface area contributed by atoms with Gasteiger partial charge in [0.05, 0.1) is 13.0 Å². The molecule has 1 aliphatic rings. The fourth-order valence-electron chi connectivity index (χ4n) is 2.26. The van der Waals surface area contributed by atoms with Crippen LogP contribution in [-0.2, 0) is 9.53 Å².